The van der Waals surface area contributed by atoms with Crippen LogP contribution in [0.4, 0.5) is 0 Å². The number of hydrogen-bond acceptors (Lipinski definition) is 4. The summed E-state index contributed by atoms with van der Waals surface area (Å²) in [5, 5.41) is 9.74. The van der Waals surface area contributed by atoms with Crippen LogP contribution in [0, 0.1) is 10.7 Å². The highest BCUT2D eigenvalue weighted by atomic mass is 32.1. The molecule has 17 heavy (non-hydrogen) atoms. The number of aromatic nitrogens is 5. The van der Waals surface area contributed by atoms with Crippen LogP contribution in [-0.4, -0.2) is 25.0 Å². The Balaban J connectivity index is 2.43. The third kappa shape index (κ3) is 2.68. The van der Waals surface area contributed by atoms with Crippen molar-refractivity contribution < 1.29 is 0 Å². The van der Waals surface area contributed by atoms with E-state index in [1.807, 2.05) is 13.8 Å². The highest BCUT2D eigenvalue weighted by Gasteiger charge is 2.07. The molecule has 0 aliphatic carbocycles. The molecule has 0 amide bonds. The van der Waals surface area contributed by atoms with Crippen LogP contribution >= 0.6 is 12.2 Å². The maximum absolute atomic E-state index is 11.6. The molecule has 2 N–H and O–H groups in total. The van der Waals surface area contributed by atoms with Crippen molar-refractivity contribution in [1.82, 2.24) is 25.0 Å². The predicted octanol–water partition coefficient (Wildman–Crippen LogP) is 1.35. The van der Waals surface area contributed by atoms with Crippen LogP contribution in [0.1, 0.15) is 13.8 Å². The lowest BCUT2D eigenvalue weighted by atomic mass is 10.2. The third-order valence-electron chi connectivity index (χ3n) is 2.15. The lowest BCUT2D eigenvalue weighted by molar-refractivity contribution is 0.465. The normalized spacial score (nSPS) is 11.0. The van der Waals surface area contributed by atoms with Crippen LogP contribution in [0.25, 0.3) is 11.5 Å². The van der Waals surface area contributed by atoms with E-state index in [0.29, 0.717) is 28.8 Å². The summed E-state index contributed by atoms with van der Waals surface area (Å²) in [5.74, 6) is 0.889. The molecular formula is C10H13N5OS. The lowest BCUT2D eigenvalue weighted by Crippen LogP contribution is -2.24. The van der Waals surface area contributed by atoms with E-state index in [2.05, 4.69) is 20.3 Å². The van der Waals surface area contributed by atoms with E-state index in [1.54, 1.807) is 6.07 Å². The topological polar surface area (TPSA) is 79.4 Å². The van der Waals surface area contributed by atoms with E-state index in [9.17, 15) is 4.79 Å². The van der Waals surface area contributed by atoms with E-state index in [-0.39, 0.29) is 5.56 Å². The molecule has 0 fully saturated rings. The molecule has 2 aromatic heterocycles. The number of hydrogen-bond donors (Lipinski definition) is 2. The molecule has 0 aliphatic rings. The SMILES string of the molecule is CC(C)Cn1nc(-c2nc(=S)[nH][nH]2)ccc1=O. The van der Waals surface area contributed by atoms with Gasteiger partial charge in [0.05, 0.1) is 0 Å². The van der Waals surface area contributed by atoms with Crippen LogP contribution < -0.4 is 5.56 Å². The molecule has 7 heteroatoms. The minimum atomic E-state index is -0.114. The van der Waals surface area contributed by atoms with Gasteiger partial charge in [-0.15, -0.1) is 0 Å². The zero-order valence-corrected chi connectivity index (χ0v) is 10.4. The number of H-pyrrole nitrogens is 2. The van der Waals surface area contributed by atoms with Gasteiger partial charge in [0.15, 0.2) is 5.82 Å². The fourth-order valence-electron chi connectivity index (χ4n) is 1.44. The smallest absolute Gasteiger partial charge is 0.266 e. The third-order valence-corrected chi connectivity index (χ3v) is 2.34. The van der Waals surface area contributed by atoms with Gasteiger partial charge in [0.2, 0.25) is 4.77 Å². The van der Waals surface area contributed by atoms with Gasteiger partial charge >= 0.3 is 0 Å². The van der Waals surface area contributed by atoms with Crippen LogP contribution in [0.2, 0.25) is 0 Å². The number of nitrogens with one attached hydrogen (secondary N) is 2. The summed E-state index contributed by atoms with van der Waals surface area (Å²) in [4.78, 5) is 15.6. The molecule has 90 valence electrons. The second-order valence-electron chi connectivity index (χ2n) is 4.15. The van der Waals surface area contributed by atoms with E-state index < -0.39 is 0 Å². The first-order chi connectivity index (χ1) is 8.06. The van der Waals surface area contributed by atoms with Crippen molar-refractivity contribution in [3.05, 3.63) is 27.3 Å². The Kier molecular flexibility index (Phi) is 3.19. The van der Waals surface area contributed by atoms with E-state index >= 15 is 0 Å². The van der Waals surface area contributed by atoms with Crippen LogP contribution in [0.3, 0.4) is 0 Å². The van der Waals surface area contributed by atoms with E-state index in [0.717, 1.165) is 0 Å². The molecule has 2 heterocycles. The van der Waals surface area contributed by atoms with Crippen LogP contribution in [-0.2, 0) is 6.54 Å². The Morgan fingerprint density at radius 3 is 2.76 bits per heavy atom. The Hall–Kier alpha value is -1.76. The van der Waals surface area contributed by atoms with Crippen molar-refractivity contribution in [3.8, 4) is 11.5 Å². The predicted molar refractivity (Wildman–Crippen MR) is 66.1 cm³/mol. The minimum absolute atomic E-state index is 0.114. The van der Waals surface area contributed by atoms with Gasteiger partial charge in [0.25, 0.3) is 5.56 Å². The second-order valence-corrected chi connectivity index (χ2v) is 4.54. The molecule has 6 nitrogen and oxygen atoms in total. The zero-order valence-electron chi connectivity index (χ0n) is 9.60. The van der Waals surface area contributed by atoms with Gasteiger partial charge in [-0.2, -0.15) is 10.1 Å². The van der Waals surface area contributed by atoms with Gasteiger partial charge in [-0.1, -0.05) is 13.8 Å². The zero-order chi connectivity index (χ0) is 12.4. The maximum Gasteiger partial charge on any atom is 0.266 e. The Morgan fingerprint density at radius 2 is 2.18 bits per heavy atom. The van der Waals surface area contributed by atoms with Crippen molar-refractivity contribution in [2.24, 2.45) is 5.92 Å². The van der Waals surface area contributed by atoms with E-state index in [4.69, 9.17) is 12.2 Å². The van der Waals surface area contributed by atoms with Gasteiger partial charge in [0, 0.05) is 12.6 Å². The highest BCUT2D eigenvalue weighted by Crippen LogP contribution is 2.08. The van der Waals surface area contributed by atoms with E-state index in [1.165, 1.54) is 10.7 Å². The van der Waals surface area contributed by atoms with Gasteiger partial charge in [-0.05, 0) is 24.2 Å². The summed E-state index contributed by atoms with van der Waals surface area (Å²) in [5.41, 5.74) is 0.481. The quantitative estimate of drug-likeness (QED) is 0.807. The van der Waals surface area contributed by atoms with Gasteiger partial charge in [0.1, 0.15) is 5.69 Å². The number of aromatic amines is 2. The molecule has 0 bridgehead atoms. The fraction of sp³-hybridized carbons (Fsp3) is 0.400. The van der Waals surface area contributed by atoms with Gasteiger partial charge in [-0.25, -0.2) is 4.68 Å². The highest BCUT2D eigenvalue weighted by molar-refractivity contribution is 7.71. The van der Waals surface area contributed by atoms with Gasteiger partial charge < -0.3 is 0 Å². The Morgan fingerprint density at radius 1 is 1.41 bits per heavy atom. The molecule has 0 spiro atoms. The molecule has 2 rings (SSSR count). The Bertz CT molecular complexity index is 624. The van der Waals surface area contributed by atoms with Crippen molar-refractivity contribution in [2.45, 2.75) is 20.4 Å². The molecule has 2 aromatic rings. The number of rotatable bonds is 3. The lowest BCUT2D eigenvalue weighted by Gasteiger charge is -2.07. The van der Waals surface area contributed by atoms with Crippen molar-refractivity contribution in [3.63, 3.8) is 0 Å². The maximum atomic E-state index is 11.6. The summed E-state index contributed by atoms with van der Waals surface area (Å²) >= 11 is 4.87. The summed E-state index contributed by atoms with van der Waals surface area (Å²) in [7, 11) is 0. The van der Waals surface area contributed by atoms with Crippen molar-refractivity contribution in [1.29, 1.82) is 0 Å². The standard InChI is InChI=1S/C10H13N5OS/c1-6(2)5-15-8(16)4-3-7(14-15)9-11-10(17)13-12-9/h3-4,6H,5H2,1-2H3,(H2,11,12,13,17). The van der Waals surface area contributed by atoms with Gasteiger partial charge in [-0.3, -0.25) is 15.0 Å². The molecule has 0 saturated heterocycles. The van der Waals surface area contributed by atoms with Crippen LogP contribution in [0.5, 0.6) is 0 Å². The first-order valence-electron chi connectivity index (χ1n) is 5.29. The molecular weight excluding hydrogens is 238 g/mol. The van der Waals surface area contributed by atoms with Crippen LogP contribution in [0.15, 0.2) is 16.9 Å². The monoisotopic (exact) mass is 251 g/mol. The molecule has 0 aromatic carbocycles. The summed E-state index contributed by atoms with van der Waals surface area (Å²) < 4.78 is 1.80. The Labute approximate surface area is 103 Å². The average Bonchev–Trinajstić information content (AvgIpc) is 2.67. The van der Waals surface area contributed by atoms with Crippen molar-refractivity contribution >= 4 is 12.2 Å². The molecule has 0 radical (unpaired) electrons. The largest absolute Gasteiger partial charge is 0.280 e. The second kappa shape index (κ2) is 4.62. The minimum Gasteiger partial charge on any atom is -0.280 e. The summed E-state index contributed by atoms with van der Waals surface area (Å²) in [6.45, 7) is 4.64. The average molecular weight is 251 g/mol. The summed E-state index contributed by atoms with van der Waals surface area (Å²) in [6.07, 6.45) is 0. The molecule has 0 atom stereocenters. The molecule has 0 unspecified atom stereocenters. The number of nitrogens with zero attached hydrogens (tertiary/aromatic N) is 3. The van der Waals surface area contributed by atoms with Crippen molar-refractivity contribution in [2.75, 3.05) is 0 Å². The first-order valence-corrected chi connectivity index (χ1v) is 5.70. The first kappa shape index (κ1) is 11.7. The molecule has 0 aliphatic heterocycles. The fourth-order valence-corrected chi connectivity index (χ4v) is 1.59. The molecule has 0 saturated carbocycles. The summed E-state index contributed by atoms with van der Waals surface area (Å²) in [6, 6.07) is 3.11.